The first-order chi connectivity index (χ1) is 8.40. The van der Waals surface area contributed by atoms with E-state index >= 15 is 0 Å². The topological polar surface area (TPSA) is 92.5 Å². The number of rotatable bonds is 0. The van der Waals surface area contributed by atoms with Crippen molar-refractivity contribution in [1.29, 1.82) is 0 Å². The van der Waals surface area contributed by atoms with Crippen LogP contribution >= 0.6 is 23.2 Å². The van der Waals surface area contributed by atoms with Gasteiger partial charge in [-0.1, -0.05) is 23.2 Å². The van der Waals surface area contributed by atoms with E-state index in [0.29, 0.717) is 11.4 Å². The summed E-state index contributed by atoms with van der Waals surface area (Å²) in [7, 11) is 0. The molecule has 2 aromatic carbocycles. The van der Waals surface area contributed by atoms with E-state index in [0.717, 1.165) is 0 Å². The summed E-state index contributed by atoms with van der Waals surface area (Å²) in [5.41, 5.74) is 11.8. The molecule has 6 N–H and O–H groups in total. The smallest absolute Gasteiger partial charge is 0.152 e. The molecule has 6 heteroatoms. The van der Waals surface area contributed by atoms with Crippen molar-refractivity contribution in [3.8, 4) is 11.5 Å². The van der Waals surface area contributed by atoms with Gasteiger partial charge in [0.2, 0.25) is 0 Å². The first-order valence-electron chi connectivity index (χ1n) is 4.88. The summed E-state index contributed by atoms with van der Waals surface area (Å²) in [5, 5.41) is 18.1. The third-order valence-electron chi connectivity index (χ3n) is 1.93. The Bertz CT molecular complexity index is 486. The summed E-state index contributed by atoms with van der Waals surface area (Å²) >= 11 is 11.0. The van der Waals surface area contributed by atoms with Crippen LogP contribution < -0.4 is 11.5 Å². The maximum atomic E-state index is 9.01. The summed E-state index contributed by atoms with van der Waals surface area (Å²) in [4.78, 5) is 0. The van der Waals surface area contributed by atoms with Gasteiger partial charge in [0, 0.05) is 11.4 Å². The first-order valence-corrected chi connectivity index (χ1v) is 5.63. The maximum Gasteiger partial charge on any atom is 0.152 e. The van der Waals surface area contributed by atoms with Crippen molar-refractivity contribution in [2.24, 2.45) is 0 Å². The van der Waals surface area contributed by atoms with Gasteiger partial charge in [-0.05, 0) is 36.4 Å². The highest BCUT2D eigenvalue weighted by Gasteiger charge is 2.03. The van der Waals surface area contributed by atoms with Crippen LogP contribution in [0.5, 0.6) is 11.5 Å². The molecule has 0 saturated heterocycles. The number of phenols is 2. The summed E-state index contributed by atoms with van der Waals surface area (Å²) < 4.78 is 0. The van der Waals surface area contributed by atoms with Gasteiger partial charge in [0.15, 0.2) is 5.75 Å². The monoisotopic (exact) mass is 286 g/mol. The van der Waals surface area contributed by atoms with Crippen LogP contribution in [0.2, 0.25) is 10.0 Å². The number of hydrogen-bond acceptors (Lipinski definition) is 4. The molecule has 0 unspecified atom stereocenters. The Kier molecular flexibility index (Phi) is 4.95. The van der Waals surface area contributed by atoms with Crippen molar-refractivity contribution in [2.75, 3.05) is 11.5 Å². The Hall–Kier alpha value is -1.78. The second kappa shape index (κ2) is 6.23. The molecule has 0 bridgehead atoms. The minimum atomic E-state index is -0.127. The Morgan fingerprint density at radius 2 is 1.22 bits per heavy atom. The lowest BCUT2D eigenvalue weighted by Crippen LogP contribution is -1.83. The van der Waals surface area contributed by atoms with Crippen LogP contribution in [-0.4, -0.2) is 10.2 Å². The van der Waals surface area contributed by atoms with E-state index < -0.39 is 0 Å². The molecule has 0 fully saturated rings. The van der Waals surface area contributed by atoms with Crippen molar-refractivity contribution < 1.29 is 10.2 Å². The van der Waals surface area contributed by atoms with E-state index in [1.807, 2.05) is 0 Å². The molecule has 0 aliphatic rings. The average Bonchev–Trinajstić information content (AvgIpc) is 2.31. The minimum Gasteiger partial charge on any atom is -0.508 e. The van der Waals surface area contributed by atoms with Gasteiger partial charge in [-0.3, -0.25) is 0 Å². The number of anilines is 2. The zero-order valence-electron chi connectivity index (χ0n) is 9.27. The number of phenolic OH excluding ortho intramolecular Hbond substituents is 2. The molecule has 0 saturated carbocycles. The van der Waals surface area contributed by atoms with E-state index in [9.17, 15) is 0 Å². The Morgan fingerprint density at radius 1 is 0.778 bits per heavy atom. The van der Waals surface area contributed by atoms with Gasteiger partial charge in [-0.2, -0.15) is 0 Å². The number of benzene rings is 2. The molecule has 0 aliphatic carbocycles. The molecular formula is C12H12Cl2N2O2. The van der Waals surface area contributed by atoms with E-state index in [-0.39, 0.29) is 21.5 Å². The fraction of sp³-hybridized carbons (Fsp3) is 0. The molecule has 18 heavy (non-hydrogen) atoms. The van der Waals surface area contributed by atoms with Crippen molar-refractivity contribution in [3.63, 3.8) is 0 Å². The molecular weight excluding hydrogens is 275 g/mol. The molecule has 0 aliphatic heterocycles. The van der Waals surface area contributed by atoms with Crippen LogP contribution in [0.1, 0.15) is 0 Å². The molecule has 96 valence electrons. The predicted molar refractivity (Wildman–Crippen MR) is 75.1 cm³/mol. The summed E-state index contributed by atoms with van der Waals surface area (Å²) in [6.45, 7) is 0. The fourth-order valence-electron chi connectivity index (χ4n) is 1.06. The van der Waals surface area contributed by atoms with Crippen LogP contribution in [0.4, 0.5) is 11.4 Å². The maximum absolute atomic E-state index is 9.01. The minimum absolute atomic E-state index is 0.127. The van der Waals surface area contributed by atoms with Crippen molar-refractivity contribution in [3.05, 3.63) is 46.4 Å². The highest BCUT2D eigenvalue weighted by molar-refractivity contribution is 6.37. The van der Waals surface area contributed by atoms with Gasteiger partial charge in [0.05, 0.1) is 10.0 Å². The van der Waals surface area contributed by atoms with Crippen molar-refractivity contribution >= 4 is 34.6 Å². The molecule has 2 rings (SSSR count). The normalized spacial score (nSPS) is 9.44. The highest BCUT2D eigenvalue weighted by Crippen LogP contribution is 2.33. The summed E-state index contributed by atoms with van der Waals surface area (Å²) in [6.07, 6.45) is 0. The molecule has 0 radical (unpaired) electrons. The Labute approximate surface area is 114 Å². The quantitative estimate of drug-likeness (QED) is 0.442. The van der Waals surface area contributed by atoms with E-state index in [2.05, 4.69) is 0 Å². The van der Waals surface area contributed by atoms with Crippen LogP contribution in [0.15, 0.2) is 36.4 Å². The third-order valence-corrected chi connectivity index (χ3v) is 2.51. The zero-order valence-corrected chi connectivity index (χ0v) is 10.8. The Morgan fingerprint density at radius 3 is 1.61 bits per heavy atom. The highest BCUT2D eigenvalue weighted by atomic mass is 35.5. The SMILES string of the molecule is Nc1cc(Cl)c(O)c(Cl)c1.Nc1ccc(O)cc1. The van der Waals surface area contributed by atoms with Crippen LogP contribution in [0, 0.1) is 0 Å². The molecule has 0 heterocycles. The summed E-state index contributed by atoms with van der Waals surface area (Å²) in [6, 6.07) is 9.26. The van der Waals surface area contributed by atoms with Gasteiger partial charge >= 0.3 is 0 Å². The van der Waals surface area contributed by atoms with Gasteiger partial charge in [0.1, 0.15) is 5.75 Å². The van der Waals surface area contributed by atoms with Crippen LogP contribution in [0.3, 0.4) is 0 Å². The zero-order chi connectivity index (χ0) is 13.7. The van der Waals surface area contributed by atoms with E-state index in [4.69, 9.17) is 44.9 Å². The fourth-order valence-corrected chi connectivity index (χ4v) is 1.56. The molecule has 4 nitrogen and oxygen atoms in total. The molecule has 0 amide bonds. The molecule has 0 atom stereocenters. The van der Waals surface area contributed by atoms with Gasteiger partial charge in [-0.25, -0.2) is 0 Å². The number of halogens is 2. The second-order valence-corrected chi connectivity index (χ2v) is 4.24. The third kappa shape index (κ3) is 4.24. The van der Waals surface area contributed by atoms with Gasteiger partial charge in [-0.15, -0.1) is 0 Å². The van der Waals surface area contributed by atoms with Crippen molar-refractivity contribution in [1.82, 2.24) is 0 Å². The van der Waals surface area contributed by atoms with Gasteiger partial charge in [0.25, 0.3) is 0 Å². The standard InChI is InChI=1S/C6H5Cl2NO.C6H7NO/c7-4-1-3(9)2-5(8)6(4)10;7-5-1-3-6(8)4-2-5/h1-2,10H,9H2;1-4,8H,7H2. The molecule has 0 spiro atoms. The average molecular weight is 287 g/mol. The lowest BCUT2D eigenvalue weighted by molar-refractivity contribution is 0.475. The number of nitrogens with two attached hydrogens (primary N) is 2. The second-order valence-electron chi connectivity index (χ2n) is 3.42. The summed E-state index contributed by atoms with van der Waals surface area (Å²) in [5.74, 6) is 0.122. The molecule has 0 aromatic heterocycles. The largest absolute Gasteiger partial charge is 0.508 e. The van der Waals surface area contributed by atoms with E-state index in [1.165, 1.54) is 12.1 Å². The lowest BCUT2D eigenvalue weighted by atomic mass is 10.3. The number of aromatic hydroxyl groups is 2. The molecule has 2 aromatic rings. The van der Waals surface area contributed by atoms with E-state index in [1.54, 1.807) is 24.3 Å². The Balaban J connectivity index is 0.000000184. The van der Waals surface area contributed by atoms with Crippen molar-refractivity contribution in [2.45, 2.75) is 0 Å². The predicted octanol–water partition coefficient (Wildman–Crippen LogP) is 3.26. The van der Waals surface area contributed by atoms with Crippen LogP contribution in [-0.2, 0) is 0 Å². The van der Waals surface area contributed by atoms with Gasteiger partial charge < -0.3 is 21.7 Å². The first kappa shape index (κ1) is 14.3. The number of hydrogen-bond donors (Lipinski definition) is 4. The van der Waals surface area contributed by atoms with Crippen LogP contribution in [0.25, 0.3) is 0 Å². The number of nitrogen functional groups attached to an aromatic ring is 2. The lowest BCUT2D eigenvalue weighted by Gasteiger charge is -1.99.